The molecule has 2 atom stereocenters. The van der Waals surface area contributed by atoms with E-state index in [0.717, 1.165) is 0 Å². The molecule has 0 aliphatic carbocycles. The second-order valence-corrected chi connectivity index (χ2v) is 6.11. The Morgan fingerprint density at radius 3 is 2.52 bits per heavy atom. The Bertz CT molecular complexity index is 777. The van der Waals surface area contributed by atoms with Crippen molar-refractivity contribution in [1.29, 1.82) is 0 Å². The highest BCUT2D eigenvalue weighted by atomic mass is 16.6. The number of hydrogen-bond donors (Lipinski definition) is 1. The van der Waals surface area contributed by atoms with Crippen LogP contribution >= 0.6 is 0 Å². The number of pyridine rings is 1. The van der Waals surface area contributed by atoms with E-state index in [1.165, 1.54) is 19.4 Å². The minimum Gasteiger partial charge on any atom is -0.503 e. The quantitative estimate of drug-likeness (QED) is 0.533. The van der Waals surface area contributed by atoms with Gasteiger partial charge in [0.2, 0.25) is 0 Å². The van der Waals surface area contributed by atoms with Crippen LogP contribution in [0.2, 0.25) is 0 Å². The van der Waals surface area contributed by atoms with Gasteiger partial charge in [0.25, 0.3) is 0 Å². The lowest BCUT2D eigenvalue weighted by atomic mass is 10.0. The summed E-state index contributed by atoms with van der Waals surface area (Å²) in [4.78, 5) is 28.4. The molecule has 2 rings (SSSR count). The molecule has 27 heavy (non-hydrogen) atoms. The van der Waals surface area contributed by atoms with Gasteiger partial charge in [-0.3, -0.25) is 9.59 Å². The molecule has 1 N–H and O–H groups in total. The van der Waals surface area contributed by atoms with Crippen LogP contribution < -0.4 is 9.47 Å². The molecule has 0 amide bonds. The number of carbonyl (C=O) groups excluding carboxylic acids is 2. The molecule has 1 aromatic heterocycles. The molecule has 0 aliphatic rings. The maximum Gasteiger partial charge on any atom is 0.309 e. The molecule has 144 valence electrons. The van der Waals surface area contributed by atoms with Crippen LogP contribution in [0, 0.1) is 5.92 Å². The minimum atomic E-state index is -0.691. The van der Waals surface area contributed by atoms with Crippen LogP contribution in [-0.2, 0) is 9.53 Å². The van der Waals surface area contributed by atoms with Gasteiger partial charge in [0.15, 0.2) is 23.0 Å². The lowest BCUT2D eigenvalue weighted by molar-refractivity contribution is -0.153. The van der Waals surface area contributed by atoms with Crippen LogP contribution in [0.1, 0.15) is 30.8 Å². The maximum absolute atomic E-state index is 12.3. The third-order valence-electron chi connectivity index (χ3n) is 3.81. The van der Waals surface area contributed by atoms with Crippen LogP contribution in [-0.4, -0.2) is 41.7 Å². The van der Waals surface area contributed by atoms with Crippen LogP contribution in [0.5, 0.6) is 17.2 Å². The molecular formula is C20H23NO6. The van der Waals surface area contributed by atoms with Gasteiger partial charge in [-0.25, -0.2) is 4.98 Å². The van der Waals surface area contributed by atoms with Gasteiger partial charge in [0, 0.05) is 18.7 Å². The number of hydrogen-bond acceptors (Lipinski definition) is 7. The molecule has 0 fully saturated rings. The Morgan fingerprint density at radius 2 is 1.85 bits per heavy atom. The number of esters is 1. The number of rotatable bonds is 9. The van der Waals surface area contributed by atoms with Crippen molar-refractivity contribution in [2.75, 3.05) is 13.7 Å². The predicted molar refractivity (Wildman–Crippen MR) is 98.1 cm³/mol. The Balaban J connectivity index is 1.86. The molecule has 0 spiro atoms. The van der Waals surface area contributed by atoms with E-state index in [9.17, 15) is 14.7 Å². The summed E-state index contributed by atoms with van der Waals surface area (Å²) in [6.07, 6.45) is 0.745. The van der Waals surface area contributed by atoms with Gasteiger partial charge in [0.05, 0.1) is 13.0 Å². The molecule has 2 aromatic rings. The number of benzene rings is 1. The van der Waals surface area contributed by atoms with Crippen molar-refractivity contribution in [2.24, 2.45) is 5.92 Å². The number of aromatic hydroxyl groups is 1. The number of ketones is 1. The highest BCUT2D eigenvalue weighted by Gasteiger charge is 2.24. The first kappa shape index (κ1) is 20.2. The van der Waals surface area contributed by atoms with Crippen molar-refractivity contribution in [2.45, 2.75) is 26.4 Å². The van der Waals surface area contributed by atoms with Gasteiger partial charge in [-0.1, -0.05) is 25.1 Å². The molecule has 0 saturated carbocycles. The van der Waals surface area contributed by atoms with E-state index in [0.29, 0.717) is 5.75 Å². The van der Waals surface area contributed by atoms with Crippen molar-refractivity contribution in [1.82, 2.24) is 4.98 Å². The summed E-state index contributed by atoms with van der Waals surface area (Å²) >= 11 is 0. The van der Waals surface area contributed by atoms with Gasteiger partial charge < -0.3 is 19.3 Å². The van der Waals surface area contributed by atoms with E-state index in [1.54, 1.807) is 13.8 Å². The number of nitrogens with zero attached hydrogens (tertiary/aromatic N) is 1. The summed E-state index contributed by atoms with van der Waals surface area (Å²) in [7, 11) is 1.38. The predicted octanol–water partition coefficient (Wildman–Crippen LogP) is 3.02. The zero-order valence-corrected chi connectivity index (χ0v) is 15.5. The molecule has 0 bridgehead atoms. The zero-order valence-electron chi connectivity index (χ0n) is 15.5. The lowest BCUT2D eigenvalue weighted by Crippen LogP contribution is -2.26. The lowest BCUT2D eigenvalue weighted by Gasteiger charge is -2.17. The van der Waals surface area contributed by atoms with Crippen molar-refractivity contribution < 1.29 is 28.9 Å². The fraction of sp³-hybridized carbons (Fsp3) is 0.350. The summed E-state index contributed by atoms with van der Waals surface area (Å²) < 4.78 is 15.8. The van der Waals surface area contributed by atoms with E-state index in [4.69, 9.17) is 14.2 Å². The van der Waals surface area contributed by atoms with Crippen LogP contribution in [0.15, 0.2) is 42.6 Å². The maximum atomic E-state index is 12.3. The first-order chi connectivity index (χ1) is 12.9. The summed E-state index contributed by atoms with van der Waals surface area (Å²) in [5, 5.41) is 9.99. The summed E-state index contributed by atoms with van der Waals surface area (Å²) in [6.45, 7) is 3.50. The molecule has 0 radical (unpaired) electrons. The number of para-hydroxylation sites is 1. The van der Waals surface area contributed by atoms with E-state index in [1.807, 2.05) is 30.3 Å². The van der Waals surface area contributed by atoms with E-state index >= 15 is 0 Å². The minimum absolute atomic E-state index is 0.130. The molecule has 7 heteroatoms. The van der Waals surface area contributed by atoms with E-state index < -0.39 is 23.8 Å². The second kappa shape index (κ2) is 9.56. The van der Waals surface area contributed by atoms with Crippen molar-refractivity contribution in [3.63, 3.8) is 0 Å². The third kappa shape index (κ3) is 5.70. The SMILES string of the molecule is COc1ccnc(C(=O)C[C@@H](C)C(=O)O[C@@H](C)COc2ccccc2)c1O. The van der Waals surface area contributed by atoms with Gasteiger partial charge in [-0.15, -0.1) is 0 Å². The smallest absolute Gasteiger partial charge is 0.309 e. The van der Waals surface area contributed by atoms with Crippen LogP contribution in [0.3, 0.4) is 0 Å². The van der Waals surface area contributed by atoms with Gasteiger partial charge >= 0.3 is 5.97 Å². The Labute approximate surface area is 157 Å². The summed E-state index contributed by atoms with van der Waals surface area (Å²) in [5.41, 5.74) is -0.130. The average molecular weight is 373 g/mol. The number of aromatic nitrogens is 1. The fourth-order valence-corrected chi connectivity index (χ4v) is 2.34. The van der Waals surface area contributed by atoms with Crippen molar-refractivity contribution in [3.05, 3.63) is 48.3 Å². The number of carbonyl (C=O) groups is 2. The molecular weight excluding hydrogens is 350 g/mol. The Morgan fingerprint density at radius 1 is 1.15 bits per heavy atom. The number of methoxy groups -OCH3 is 1. The normalized spacial score (nSPS) is 12.7. The van der Waals surface area contributed by atoms with Gasteiger partial charge in [-0.05, 0) is 19.1 Å². The third-order valence-corrected chi connectivity index (χ3v) is 3.81. The molecule has 0 aliphatic heterocycles. The highest BCUT2D eigenvalue weighted by Crippen LogP contribution is 2.29. The van der Waals surface area contributed by atoms with Crippen LogP contribution in [0.25, 0.3) is 0 Å². The highest BCUT2D eigenvalue weighted by molar-refractivity contribution is 5.99. The second-order valence-electron chi connectivity index (χ2n) is 6.11. The molecule has 1 aromatic carbocycles. The van der Waals surface area contributed by atoms with Crippen LogP contribution in [0.4, 0.5) is 0 Å². The van der Waals surface area contributed by atoms with E-state index in [-0.39, 0.29) is 30.2 Å². The first-order valence-electron chi connectivity index (χ1n) is 8.55. The molecule has 1 heterocycles. The van der Waals surface area contributed by atoms with E-state index in [2.05, 4.69) is 4.98 Å². The zero-order chi connectivity index (χ0) is 19.8. The number of ether oxygens (including phenoxy) is 3. The first-order valence-corrected chi connectivity index (χ1v) is 8.55. The Kier molecular flexibility index (Phi) is 7.16. The molecule has 0 saturated heterocycles. The summed E-state index contributed by atoms with van der Waals surface area (Å²) in [5.74, 6) is -1.18. The van der Waals surface area contributed by atoms with Gasteiger partial charge in [-0.2, -0.15) is 0 Å². The molecule has 0 unspecified atom stereocenters. The molecule has 7 nitrogen and oxygen atoms in total. The van der Waals surface area contributed by atoms with Gasteiger partial charge in [0.1, 0.15) is 18.5 Å². The number of Topliss-reactive ketones (excluding diaryl/α,β-unsaturated/α-hetero) is 1. The summed E-state index contributed by atoms with van der Waals surface area (Å²) in [6, 6.07) is 10.6. The standard InChI is InChI=1S/C20H23NO6/c1-13(11-16(22)18-19(23)17(25-3)9-10-21-18)20(24)27-14(2)12-26-15-7-5-4-6-8-15/h4-10,13-14,23H,11-12H2,1-3H3/t13-,14+/m1/s1. The van der Waals surface area contributed by atoms with Crippen molar-refractivity contribution in [3.8, 4) is 17.2 Å². The monoisotopic (exact) mass is 373 g/mol. The average Bonchev–Trinajstić information content (AvgIpc) is 2.67. The Hall–Kier alpha value is -3.09. The van der Waals surface area contributed by atoms with Crippen molar-refractivity contribution >= 4 is 11.8 Å². The largest absolute Gasteiger partial charge is 0.503 e. The fourth-order valence-electron chi connectivity index (χ4n) is 2.34. The topological polar surface area (TPSA) is 95.0 Å².